The van der Waals surface area contributed by atoms with Crippen LogP contribution < -0.4 is 15.5 Å². The normalized spacial score (nSPS) is 18.9. The van der Waals surface area contributed by atoms with E-state index in [9.17, 15) is 4.39 Å². The lowest BCUT2D eigenvalue weighted by Crippen LogP contribution is -2.36. The first-order valence-corrected chi connectivity index (χ1v) is 11.5. The van der Waals surface area contributed by atoms with E-state index < -0.39 is 5.82 Å². The molecule has 2 aliphatic heterocycles. The second kappa shape index (κ2) is 10.1. The molecular formula is C25H29FN6O. The third kappa shape index (κ3) is 5.58. The highest BCUT2D eigenvalue weighted by molar-refractivity contribution is 5.60. The topological polar surface area (TPSA) is 65.5 Å². The molecule has 0 amide bonds. The Morgan fingerprint density at radius 2 is 1.79 bits per heavy atom. The van der Waals surface area contributed by atoms with Crippen LogP contribution in [0.15, 0.2) is 60.8 Å². The maximum absolute atomic E-state index is 14.4. The van der Waals surface area contributed by atoms with Crippen molar-refractivity contribution in [3.63, 3.8) is 0 Å². The van der Waals surface area contributed by atoms with Crippen molar-refractivity contribution >= 4 is 23.1 Å². The number of anilines is 4. The van der Waals surface area contributed by atoms with E-state index >= 15 is 0 Å². The van der Waals surface area contributed by atoms with Crippen LogP contribution in [0.4, 0.5) is 27.5 Å². The van der Waals surface area contributed by atoms with Gasteiger partial charge in [-0.2, -0.15) is 4.98 Å². The van der Waals surface area contributed by atoms with Crippen molar-refractivity contribution in [1.82, 2.24) is 14.9 Å². The fourth-order valence-corrected chi connectivity index (χ4v) is 4.36. The molecule has 0 radical (unpaired) electrons. The van der Waals surface area contributed by atoms with Crippen LogP contribution in [0.2, 0.25) is 0 Å². The summed E-state index contributed by atoms with van der Waals surface area (Å²) in [5.74, 6) is 0.172. The number of likely N-dealkylation sites (tertiary alicyclic amines) is 1. The summed E-state index contributed by atoms with van der Waals surface area (Å²) in [4.78, 5) is 13.2. The van der Waals surface area contributed by atoms with Gasteiger partial charge >= 0.3 is 0 Å². The summed E-state index contributed by atoms with van der Waals surface area (Å²) in [5, 5.41) is 6.46. The number of aromatic nitrogens is 2. The number of hydrogen-bond acceptors (Lipinski definition) is 7. The summed E-state index contributed by atoms with van der Waals surface area (Å²) >= 11 is 0. The highest BCUT2D eigenvalue weighted by atomic mass is 19.1. The average molecular weight is 449 g/mol. The number of nitrogens with zero attached hydrogens (tertiary/aromatic N) is 4. The van der Waals surface area contributed by atoms with Crippen LogP contribution in [0.1, 0.15) is 12.0 Å². The van der Waals surface area contributed by atoms with Crippen LogP contribution in [0.5, 0.6) is 0 Å². The zero-order valence-corrected chi connectivity index (χ0v) is 18.6. The smallest absolute Gasteiger partial charge is 0.229 e. The Kier molecular flexibility index (Phi) is 6.64. The third-order valence-electron chi connectivity index (χ3n) is 6.11. The molecule has 2 N–H and O–H groups in total. The molecule has 33 heavy (non-hydrogen) atoms. The zero-order chi connectivity index (χ0) is 22.5. The first kappa shape index (κ1) is 21.6. The molecule has 0 spiro atoms. The summed E-state index contributed by atoms with van der Waals surface area (Å²) in [5.41, 5.74) is 3.31. The standard InChI is InChI=1S/C25H29FN6O/c26-23-16-27-25(29-20-6-8-22(9-7-20)32-12-14-33-15-13-32)30-24(23)28-21-10-11-31(18-21)17-19-4-2-1-3-5-19/h1-9,16,21H,10-15,17-18H2,(H2,27,28,29,30)/t21-/m0/s1. The molecular weight excluding hydrogens is 419 g/mol. The molecule has 2 fully saturated rings. The molecule has 3 heterocycles. The van der Waals surface area contributed by atoms with Gasteiger partial charge in [-0.1, -0.05) is 30.3 Å². The van der Waals surface area contributed by atoms with Gasteiger partial charge in [-0.25, -0.2) is 9.37 Å². The lowest BCUT2D eigenvalue weighted by atomic mass is 10.2. The van der Waals surface area contributed by atoms with E-state index in [4.69, 9.17) is 4.74 Å². The van der Waals surface area contributed by atoms with Crippen LogP contribution >= 0.6 is 0 Å². The van der Waals surface area contributed by atoms with Crippen LogP contribution in [0.25, 0.3) is 0 Å². The first-order chi connectivity index (χ1) is 16.2. The second-order valence-corrected chi connectivity index (χ2v) is 8.51. The van der Waals surface area contributed by atoms with Gasteiger partial charge in [-0.05, 0) is 36.2 Å². The summed E-state index contributed by atoms with van der Waals surface area (Å²) in [6, 6.07) is 18.7. The van der Waals surface area contributed by atoms with Crippen LogP contribution in [-0.2, 0) is 11.3 Å². The fraction of sp³-hybridized carbons (Fsp3) is 0.360. The largest absolute Gasteiger partial charge is 0.378 e. The Morgan fingerprint density at radius 1 is 1.00 bits per heavy atom. The third-order valence-corrected chi connectivity index (χ3v) is 6.11. The van der Waals surface area contributed by atoms with Gasteiger partial charge in [0, 0.05) is 50.1 Å². The van der Waals surface area contributed by atoms with E-state index in [1.165, 1.54) is 11.8 Å². The predicted octanol–water partition coefficient (Wildman–Crippen LogP) is 3.88. The van der Waals surface area contributed by atoms with Gasteiger partial charge in [0.05, 0.1) is 19.4 Å². The molecule has 0 unspecified atom stereocenters. The van der Waals surface area contributed by atoms with E-state index in [0.29, 0.717) is 5.95 Å². The van der Waals surface area contributed by atoms with Gasteiger partial charge in [0.15, 0.2) is 11.6 Å². The number of morpholine rings is 1. The molecule has 172 valence electrons. The monoisotopic (exact) mass is 448 g/mol. The van der Waals surface area contributed by atoms with E-state index in [-0.39, 0.29) is 11.9 Å². The van der Waals surface area contributed by atoms with Gasteiger partial charge in [-0.15, -0.1) is 0 Å². The van der Waals surface area contributed by atoms with Crippen molar-refractivity contribution in [3.05, 3.63) is 72.2 Å². The lowest BCUT2D eigenvalue weighted by Gasteiger charge is -2.28. The van der Waals surface area contributed by atoms with Crippen LogP contribution in [-0.4, -0.2) is 60.3 Å². The van der Waals surface area contributed by atoms with Crippen molar-refractivity contribution in [2.24, 2.45) is 0 Å². The number of benzene rings is 2. The van der Waals surface area contributed by atoms with Crippen LogP contribution in [0.3, 0.4) is 0 Å². The highest BCUT2D eigenvalue weighted by Crippen LogP contribution is 2.23. The van der Waals surface area contributed by atoms with Gasteiger partial charge in [-0.3, -0.25) is 4.90 Å². The number of hydrogen-bond donors (Lipinski definition) is 2. The van der Waals surface area contributed by atoms with E-state index in [0.717, 1.165) is 63.7 Å². The maximum atomic E-state index is 14.4. The summed E-state index contributed by atoms with van der Waals surface area (Å²) < 4.78 is 19.8. The minimum Gasteiger partial charge on any atom is -0.378 e. The van der Waals surface area contributed by atoms with Gasteiger partial charge in [0.1, 0.15) is 0 Å². The zero-order valence-electron chi connectivity index (χ0n) is 18.6. The van der Waals surface area contributed by atoms with Gasteiger partial charge < -0.3 is 20.3 Å². The SMILES string of the molecule is Fc1cnc(Nc2ccc(N3CCOCC3)cc2)nc1N[C@H]1CCN(Cc2ccccc2)C1. The minimum absolute atomic E-state index is 0.152. The lowest BCUT2D eigenvalue weighted by molar-refractivity contribution is 0.122. The Hall–Kier alpha value is -3.23. The summed E-state index contributed by atoms with van der Waals surface area (Å²) in [7, 11) is 0. The van der Waals surface area contributed by atoms with Crippen molar-refractivity contribution in [2.45, 2.75) is 19.0 Å². The van der Waals surface area contributed by atoms with Crippen molar-refractivity contribution in [1.29, 1.82) is 0 Å². The second-order valence-electron chi connectivity index (χ2n) is 8.51. The molecule has 2 saturated heterocycles. The number of ether oxygens (including phenoxy) is 1. The van der Waals surface area contributed by atoms with Crippen molar-refractivity contribution in [3.8, 4) is 0 Å². The molecule has 5 rings (SSSR count). The molecule has 2 aliphatic rings. The quantitative estimate of drug-likeness (QED) is 0.569. The van der Waals surface area contributed by atoms with Crippen LogP contribution in [0, 0.1) is 5.82 Å². The molecule has 8 heteroatoms. The Bertz CT molecular complexity index is 1040. The first-order valence-electron chi connectivity index (χ1n) is 11.5. The molecule has 0 bridgehead atoms. The number of rotatable bonds is 7. The fourth-order valence-electron chi connectivity index (χ4n) is 4.36. The van der Waals surface area contributed by atoms with Gasteiger partial charge in [0.2, 0.25) is 5.95 Å². The molecule has 1 aromatic heterocycles. The Balaban J connectivity index is 1.19. The van der Waals surface area contributed by atoms with E-state index in [1.807, 2.05) is 18.2 Å². The highest BCUT2D eigenvalue weighted by Gasteiger charge is 2.24. The Labute approximate surface area is 193 Å². The number of nitrogens with one attached hydrogen (secondary N) is 2. The molecule has 0 aliphatic carbocycles. The summed E-state index contributed by atoms with van der Waals surface area (Å²) in [6.45, 7) is 6.02. The maximum Gasteiger partial charge on any atom is 0.229 e. The molecule has 3 aromatic rings. The molecule has 0 saturated carbocycles. The summed E-state index contributed by atoms with van der Waals surface area (Å²) in [6.07, 6.45) is 2.17. The molecule has 2 aromatic carbocycles. The predicted molar refractivity (Wildman–Crippen MR) is 128 cm³/mol. The number of halogens is 1. The molecule has 7 nitrogen and oxygen atoms in total. The van der Waals surface area contributed by atoms with E-state index in [2.05, 4.69) is 66.8 Å². The van der Waals surface area contributed by atoms with Gasteiger partial charge in [0.25, 0.3) is 0 Å². The average Bonchev–Trinajstić information content (AvgIpc) is 3.29. The van der Waals surface area contributed by atoms with Crippen molar-refractivity contribution < 1.29 is 9.13 Å². The van der Waals surface area contributed by atoms with Crippen molar-refractivity contribution in [2.75, 3.05) is 54.9 Å². The van der Waals surface area contributed by atoms with E-state index in [1.54, 1.807) is 0 Å². The molecule has 1 atom stereocenters. The Morgan fingerprint density at radius 3 is 2.58 bits per heavy atom. The minimum atomic E-state index is -0.440.